The number of rotatable bonds is 4. The van der Waals surface area contributed by atoms with Gasteiger partial charge in [0.25, 0.3) is 0 Å². The third-order valence-corrected chi connectivity index (χ3v) is 8.25. The van der Waals surface area contributed by atoms with E-state index in [2.05, 4.69) is 15.2 Å². The standard InChI is InChI=1S/C22H26N4O3S/c27-30(28,19-12-4-9-16-10-5-13-23-20(16)19)26-14-6-11-18(15-26)22-25-24-21(29-22)17-7-2-1-3-8-17/h4-5,9-10,12-13,17-18H,1-3,6-8,11,14-15H2. The molecule has 1 unspecified atom stereocenters. The lowest BCUT2D eigenvalue weighted by Crippen LogP contribution is -2.39. The van der Waals surface area contributed by atoms with Crippen molar-refractivity contribution in [3.63, 3.8) is 0 Å². The Balaban J connectivity index is 1.39. The minimum absolute atomic E-state index is 0.0682. The van der Waals surface area contributed by atoms with Gasteiger partial charge in [-0.05, 0) is 37.8 Å². The summed E-state index contributed by atoms with van der Waals surface area (Å²) in [6.07, 6.45) is 9.13. The van der Waals surface area contributed by atoms with Crippen LogP contribution in [0.15, 0.2) is 45.8 Å². The molecule has 0 spiro atoms. The van der Waals surface area contributed by atoms with Gasteiger partial charge in [0, 0.05) is 30.6 Å². The number of aromatic nitrogens is 3. The van der Waals surface area contributed by atoms with E-state index in [-0.39, 0.29) is 10.8 Å². The molecule has 8 heteroatoms. The average molecular weight is 427 g/mol. The van der Waals surface area contributed by atoms with Crippen molar-refractivity contribution < 1.29 is 12.8 Å². The number of sulfonamides is 1. The van der Waals surface area contributed by atoms with Crippen LogP contribution in [0.1, 0.15) is 68.6 Å². The van der Waals surface area contributed by atoms with Crippen LogP contribution < -0.4 is 0 Å². The molecular weight excluding hydrogens is 400 g/mol. The minimum Gasteiger partial charge on any atom is -0.425 e. The van der Waals surface area contributed by atoms with Crippen molar-refractivity contribution in [2.45, 2.75) is 61.7 Å². The van der Waals surface area contributed by atoms with Crippen LogP contribution in [0.2, 0.25) is 0 Å². The van der Waals surface area contributed by atoms with Gasteiger partial charge in [-0.25, -0.2) is 8.42 Å². The van der Waals surface area contributed by atoms with E-state index >= 15 is 0 Å². The summed E-state index contributed by atoms with van der Waals surface area (Å²) in [6.45, 7) is 0.851. The van der Waals surface area contributed by atoms with Crippen molar-refractivity contribution >= 4 is 20.9 Å². The van der Waals surface area contributed by atoms with Gasteiger partial charge in [-0.3, -0.25) is 4.98 Å². The van der Waals surface area contributed by atoms with E-state index in [4.69, 9.17) is 4.42 Å². The molecule has 1 aromatic carbocycles. The molecule has 0 amide bonds. The zero-order valence-corrected chi connectivity index (χ0v) is 17.7. The summed E-state index contributed by atoms with van der Waals surface area (Å²) in [7, 11) is -3.66. The molecule has 0 radical (unpaired) electrons. The molecule has 7 nitrogen and oxygen atoms in total. The van der Waals surface area contributed by atoms with Gasteiger partial charge in [0.1, 0.15) is 4.90 Å². The Morgan fingerprint density at radius 3 is 2.47 bits per heavy atom. The Kier molecular flexibility index (Phi) is 5.28. The SMILES string of the molecule is O=S(=O)(c1cccc2cccnc12)N1CCCC(c2nnc(C3CCCCC3)o2)C1. The van der Waals surface area contributed by atoms with Gasteiger partial charge in [0.05, 0.1) is 11.4 Å². The van der Waals surface area contributed by atoms with E-state index < -0.39 is 10.0 Å². The first-order valence-electron chi connectivity index (χ1n) is 10.8. The molecule has 1 saturated heterocycles. The monoisotopic (exact) mass is 426 g/mol. The lowest BCUT2D eigenvalue weighted by Gasteiger charge is -2.30. The molecule has 1 aliphatic heterocycles. The van der Waals surface area contributed by atoms with Crippen LogP contribution in [0.25, 0.3) is 10.9 Å². The largest absolute Gasteiger partial charge is 0.425 e. The number of fused-ring (bicyclic) bond motifs is 1. The fourth-order valence-corrected chi connectivity index (χ4v) is 6.40. The molecule has 0 bridgehead atoms. The number of benzene rings is 1. The molecule has 2 aliphatic rings. The van der Waals surface area contributed by atoms with Crippen molar-refractivity contribution in [2.75, 3.05) is 13.1 Å². The van der Waals surface area contributed by atoms with E-state index in [0.717, 1.165) is 37.0 Å². The first-order valence-corrected chi connectivity index (χ1v) is 12.2. The van der Waals surface area contributed by atoms with Gasteiger partial charge in [0.15, 0.2) is 0 Å². The number of piperidine rings is 1. The predicted octanol–water partition coefficient (Wildman–Crippen LogP) is 4.23. The van der Waals surface area contributed by atoms with Gasteiger partial charge in [-0.1, -0.05) is 37.5 Å². The fourth-order valence-electron chi connectivity index (χ4n) is 4.71. The number of para-hydroxylation sites is 1. The zero-order valence-electron chi connectivity index (χ0n) is 16.9. The Morgan fingerprint density at radius 1 is 0.900 bits per heavy atom. The maximum atomic E-state index is 13.4. The Labute approximate surface area is 176 Å². The van der Waals surface area contributed by atoms with E-state index in [1.807, 2.05) is 18.2 Å². The van der Waals surface area contributed by atoms with Crippen LogP contribution in [-0.2, 0) is 10.0 Å². The van der Waals surface area contributed by atoms with Crippen molar-refractivity contribution in [3.8, 4) is 0 Å². The van der Waals surface area contributed by atoms with Crippen molar-refractivity contribution in [2.24, 2.45) is 0 Å². The summed E-state index contributed by atoms with van der Waals surface area (Å²) < 4.78 is 34.5. The maximum absolute atomic E-state index is 13.4. The highest BCUT2D eigenvalue weighted by molar-refractivity contribution is 7.89. The molecule has 3 heterocycles. The topological polar surface area (TPSA) is 89.2 Å². The van der Waals surface area contributed by atoms with Gasteiger partial charge in [0.2, 0.25) is 21.8 Å². The molecule has 2 fully saturated rings. The van der Waals surface area contributed by atoms with Crippen molar-refractivity contribution in [1.29, 1.82) is 0 Å². The highest BCUT2D eigenvalue weighted by atomic mass is 32.2. The third-order valence-electron chi connectivity index (χ3n) is 6.36. The van der Waals surface area contributed by atoms with E-state index in [9.17, 15) is 8.42 Å². The van der Waals surface area contributed by atoms with Crippen LogP contribution in [0.3, 0.4) is 0 Å². The summed E-state index contributed by atoms with van der Waals surface area (Å²) in [4.78, 5) is 4.59. The number of pyridine rings is 1. The highest BCUT2D eigenvalue weighted by Crippen LogP contribution is 2.35. The second-order valence-electron chi connectivity index (χ2n) is 8.35. The Bertz CT molecular complexity index is 1130. The summed E-state index contributed by atoms with van der Waals surface area (Å²) in [5.41, 5.74) is 0.513. The molecular formula is C22H26N4O3S. The molecule has 1 atom stereocenters. The minimum atomic E-state index is -3.66. The number of hydrogen-bond donors (Lipinski definition) is 0. The van der Waals surface area contributed by atoms with Crippen LogP contribution in [-0.4, -0.2) is 41.0 Å². The number of nitrogens with zero attached hydrogens (tertiary/aromatic N) is 4. The molecule has 1 aliphatic carbocycles. The van der Waals surface area contributed by atoms with Crippen LogP contribution in [0, 0.1) is 0 Å². The number of hydrogen-bond acceptors (Lipinski definition) is 6. The molecule has 158 valence electrons. The lowest BCUT2D eigenvalue weighted by molar-refractivity contribution is 0.273. The summed E-state index contributed by atoms with van der Waals surface area (Å²) in [5, 5.41) is 9.43. The summed E-state index contributed by atoms with van der Waals surface area (Å²) in [5.74, 6) is 1.58. The van der Waals surface area contributed by atoms with Gasteiger partial charge >= 0.3 is 0 Å². The Hall–Kier alpha value is -2.32. The Morgan fingerprint density at radius 2 is 1.63 bits per heavy atom. The molecule has 0 N–H and O–H groups in total. The molecule has 3 aromatic rings. The second kappa shape index (κ2) is 8.07. The van der Waals surface area contributed by atoms with E-state index in [0.29, 0.717) is 30.4 Å². The average Bonchev–Trinajstić information content (AvgIpc) is 3.30. The molecule has 1 saturated carbocycles. The fraction of sp³-hybridized carbons (Fsp3) is 0.500. The summed E-state index contributed by atoms with van der Waals surface area (Å²) in [6, 6.07) is 8.99. The zero-order chi connectivity index (χ0) is 20.6. The molecule has 30 heavy (non-hydrogen) atoms. The normalized spacial score (nSPS) is 21.8. The first kappa shape index (κ1) is 19.6. The van der Waals surface area contributed by atoms with Crippen LogP contribution in [0.4, 0.5) is 0 Å². The van der Waals surface area contributed by atoms with Gasteiger partial charge < -0.3 is 4.42 Å². The van der Waals surface area contributed by atoms with Gasteiger partial charge in [-0.15, -0.1) is 10.2 Å². The molecule has 2 aromatic heterocycles. The van der Waals surface area contributed by atoms with Gasteiger partial charge in [-0.2, -0.15) is 4.31 Å². The van der Waals surface area contributed by atoms with E-state index in [1.165, 1.54) is 19.3 Å². The maximum Gasteiger partial charge on any atom is 0.245 e. The van der Waals surface area contributed by atoms with E-state index in [1.54, 1.807) is 22.6 Å². The van der Waals surface area contributed by atoms with Crippen LogP contribution >= 0.6 is 0 Å². The molecule has 5 rings (SSSR count). The third kappa shape index (κ3) is 3.63. The first-order chi connectivity index (χ1) is 14.6. The lowest BCUT2D eigenvalue weighted by atomic mass is 9.89. The smallest absolute Gasteiger partial charge is 0.245 e. The van der Waals surface area contributed by atoms with Crippen molar-refractivity contribution in [1.82, 2.24) is 19.5 Å². The summed E-state index contributed by atoms with van der Waals surface area (Å²) >= 11 is 0. The van der Waals surface area contributed by atoms with Crippen LogP contribution in [0.5, 0.6) is 0 Å². The second-order valence-corrected chi connectivity index (χ2v) is 10.3. The van der Waals surface area contributed by atoms with Crippen molar-refractivity contribution in [3.05, 3.63) is 48.3 Å². The quantitative estimate of drug-likeness (QED) is 0.620. The highest BCUT2D eigenvalue weighted by Gasteiger charge is 2.34. The predicted molar refractivity (Wildman–Crippen MR) is 113 cm³/mol.